The van der Waals surface area contributed by atoms with Crippen LogP contribution in [0.2, 0.25) is 0 Å². The zero-order valence-electron chi connectivity index (χ0n) is 16.1. The highest BCUT2D eigenvalue weighted by atomic mass is 15.1. The molecule has 3 nitrogen and oxygen atoms in total. The van der Waals surface area contributed by atoms with E-state index in [9.17, 15) is 0 Å². The second kappa shape index (κ2) is 10.8. The molecule has 0 saturated heterocycles. The molecule has 0 heterocycles. The van der Waals surface area contributed by atoms with E-state index in [4.69, 9.17) is 11.0 Å². The summed E-state index contributed by atoms with van der Waals surface area (Å²) >= 11 is 0. The molecule has 2 N–H and O–H groups in total. The van der Waals surface area contributed by atoms with E-state index in [1.54, 1.807) is 0 Å². The Labute approximate surface area is 158 Å². The van der Waals surface area contributed by atoms with Gasteiger partial charge < -0.3 is 5.73 Å². The van der Waals surface area contributed by atoms with Gasteiger partial charge in [0, 0.05) is 26.2 Å². The van der Waals surface area contributed by atoms with Gasteiger partial charge in [-0.3, -0.25) is 4.90 Å². The van der Waals surface area contributed by atoms with Gasteiger partial charge in [0.05, 0.1) is 11.6 Å². The SMILES string of the molecule is CCCC(CC)CN(Cc1ccc(C#N)cc1)Cc1ccc(CN)cc1. The molecule has 1 unspecified atom stereocenters. The number of rotatable bonds is 10. The first-order valence-electron chi connectivity index (χ1n) is 9.67. The Bertz CT molecular complexity index is 683. The Morgan fingerprint density at radius 3 is 1.92 bits per heavy atom. The molecule has 0 spiro atoms. The van der Waals surface area contributed by atoms with Gasteiger partial charge in [-0.2, -0.15) is 5.26 Å². The van der Waals surface area contributed by atoms with Crippen LogP contribution >= 0.6 is 0 Å². The zero-order chi connectivity index (χ0) is 18.8. The summed E-state index contributed by atoms with van der Waals surface area (Å²) in [6, 6.07) is 18.8. The summed E-state index contributed by atoms with van der Waals surface area (Å²) in [5.41, 5.74) is 10.2. The van der Waals surface area contributed by atoms with Crippen LogP contribution in [0.5, 0.6) is 0 Å². The van der Waals surface area contributed by atoms with Gasteiger partial charge in [-0.05, 0) is 41.2 Å². The highest BCUT2D eigenvalue weighted by Gasteiger charge is 2.14. The van der Waals surface area contributed by atoms with Crippen molar-refractivity contribution in [1.29, 1.82) is 5.26 Å². The molecule has 0 saturated carbocycles. The van der Waals surface area contributed by atoms with Gasteiger partial charge in [-0.25, -0.2) is 0 Å². The Balaban J connectivity index is 2.12. The average Bonchev–Trinajstić information content (AvgIpc) is 2.68. The molecule has 0 bridgehead atoms. The minimum atomic E-state index is 0.587. The maximum Gasteiger partial charge on any atom is 0.0991 e. The summed E-state index contributed by atoms with van der Waals surface area (Å²) in [5, 5.41) is 8.99. The van der Waals surface area contributed by atoms with Crippen LogP contribution in [0.15, 0.2) is 48.5 Å². The third-order valence-corrected chi connectivity index (χ3v) is 4.94. The summed E-state index contributed by atoms with van der Waals surface area (Å²) in [6.07, 6.45) is 3.71. The van der Waals surface area contributed by atoms with Crippen LogP contribution in [-0.2, 0) is 19.6 Å². The fourth-order valence-electron chi connectivity index (χ4n) is 3.36. The summed E-state index contributed by atoms with van der Waals surface area (Å²) in [6.45, 7) is 8.08. The first-order chi connectivity index (χ1) is 12.7. The lowest BCUT2D eigenvalue weighted by Gasteiger charge is -2.27. The molecule has 0 fully saturated rings. The largest absolute Gasteiger partial charge is 0.326 e. The van der Waals surface area contributed by atoms with Crippen molar-refractivity contribution >= 4 is 0 Å². The minimum absolute atomic E-state index is 0.587. The van der Waals surface area contributed by atoms with Crippen molar-refractivity contribution in [3.63, 3.8) is 0 Å². The Hall–Kier alpha value is -2.15. The molecule has 0 aliphatic heterocycles. The fraction of sp³-hybridized carbons (Fsp3) is 0.435. The maximum absolute atomic E-state index is 8.99. The van der Waals surface area contributed by atoms with Crippen LogP contribution in [-0.4, -0.2) is 11.4 Å². The monoisotopic (exact) mass is 349 g/mol. The molecule has 0 radical (unpaired) electrons. The van der Waals surface area contributed by atoms with E-state index in [2.05, 4.69) is 61.2 Å². The first kappa shape index (κ1) is 20.2. The number of nitrogens with zero attached hydrogens (tertiary/aromatic N) is 2. The van der Waals surface area contributed by atoms with Gasteiger partial charge in [-0.1, -0.05) is 63.1 Å². The molecule has 0 aromatic heterocycles. The molecule has 2 aromatic rings. The van der Waals surface area contributed by atoms with E-state index in [1.807, 2.05) is 12.1 Å². The standard InChI is InChI=1S/C23H31N3/c1-3-5-19(4-2)16-26(17-22-10-6-20(14-24)7-11-22)18-23-12-8-21(15-25)9-13-23/h6-13,19H,3-5,14,16-18,24H2,1-2H3. The van der Waals surface area contributed by atoms with Crippen LogP contribution < -0.4 is 5.73 Å². The van der Waals surface area contributed by atoms with Crippen molar-refractivity contribution in [2.45, 2.75) is 52.7 Å². The van der Waals surface area contributed by atoms with E-state index in [0.717, 1.165) is 31.1 Å². The molecular weight excluding hydrogens is 318 g/mol. The number of hydrogen-bond acceptors (Lipinski definition) is 3. The van der Waals surface area contributed by atoms with Crippen molar-refractivity contribution in [1.82, 2.24) is 4.90 Å². The summed E-state index contributed by atoms with van der Waals surface area (Å²) in [4.78, 5) is 2.53. The van der Waals surface area contributed by atoms with E-state index < -0.39 is 0 Å². The van der Waals surface area contributed by atoms with Gasteiger partial charge >= 0.3 is 0 Å². The van der Waals surface area contributed by atoms with Crippen molar-refractivity contribution in [2.24, 2.45) is 11.7 Å². The molecule has 26 heavy (non-hydrogen) atoms. The van der Waals surface area contributed by atoms with Crippen molar-refractivity contribution in [2.75, 3.05) is 6.54 Å². The lowest BCUT2D eigenvalue weighted by Crippen LogP contribution is -2.28. The Morgan fingerprint density at radius 1 is 0.923 bits per heavy atom. The smallest absolute Gasteiger partial charge is 0.0991 e. The van der Waals surface area contributed by atoms with Gasteiger partial charge in [0.15, 0.2) is 0 Å². The first-order valence-corrected chi connectivity index (χ1v) is 9.67. The van der Waals surface area contributed by atoms with Gasteiger partial charge in [0.1, 0.15) is 0 Å². The predicted molar refractivity (Wildman–Crippen MR) is 108 cm³/mol. The van der Waals surface area contributed by atoms with E-state index in [0.29, 0.717) is 6.54 Å². The Morgan fingerprint density at radius 2 is 1.46 bits per heavy atom. The minimum Gasteiger partial charge on any atom is -0.326 e. The van der Waals surface area contributed by atoms with E-state index >= 15 is 0 Å². The van der Waals surface area contributed by atoms with Crippen LogP contribution in [0.25, 0.3) is 0 Å². The van der Waals surface area contributed by atoms with Gasteiger partial charge in [0.2, 0.25) is 0 Å². The molecule has 0 aliphatic rings. The third-order valence-electron chi connectivity index (χ3n) is 4.94. The van der Waals surface area contributed by atoms with Gasteiger partial charge in [0.25, 0.3) is 0 Å². The van der Waals surface area contributed by atoms with Crippen molar-refractivity contribution < 1.29 is 0 Å². The third kappa shape index (κ3) is 6.29. The number of nitrogens with two attached hydrogens (primary N) is 1. The van der Waals surface area contributed by atoms with Crippen LogP contribution in [0.3, 0.4) is 0 Å². The predicted octanol–water partition coefficient (Wildman–Crippen LogP) is 4.85. The number of nitriles is 1. The molecule has 0 amide bonds. The highest BCUT2D eigenvalue weighted by Crippen LogP contribution is 2.18. The summed E-state index contributed by atoms with van der Waals surface area (Å²) < 4.78 is 0. The van der Waals surface area contributed by atoms with Crippen LogP contribution in [0.4, 0.5) is 0 Å². The lowest BCUT2D eigenvalue weighted by molar-refractivity contribution is 0.204. The second-order valence-electron chi connectivity index (χ2n) is 7.06. The van der Waals surface area contributed by atoms with Gasteiger partial charge in [-0.15, -0.1) is 0 Å². The molecule has 2 rings (SSSR count). The summed E-state index contributed by atoms with van der Waals surface area (Å²) in [7, 11) is 0. The van der Waals surface area contributed by atoms with Crippen molar-refractivity contribution in [3.05, 3.63) is 70.8 Å². The second-order valence-corrected chi connectivity index (χ2v) is 7.06. The molecule has 3 heteroatoms. The molecule has 1 atom stereocenters. The topological polar surface area (TPSA) is 53.0 Å². The summed E-state index contributed by atoms with van der Waals surface area (Å²) in [5.74, 6) is 0.724. The quantitative estimate of drug-likeness (QED) is 0.667. The molecule has 2 aromatic carbocycles. The maximum atomic E-state index is 8.99. The lowest BCUT2D eigenvalue weighted by atomic mass is 9.99. The normalized spacial score (nSPS) is 12.1. The highest BCUT2D eigenvalue weighted by molar-refractivity contribution is 5.31. The molecule has 0 aliphatic carbocycles. The van der Waals surface area contributed by atoms with Crippen molar-refractivity contribution in [3.8, 4) is 6.07 Å². The van der Waals surface area contributed by atoms with E-state index in [-0.39, 0.29) is 0 Å². The Kier molecular flexibility index (Phi) is 8.34. The molecular formula is C23H31N3. The number of benzene rings is 2. The van der Waals surface area contributed by atoms with E-state index in [1.165, 1.54) is 36.0 Å². The fourth-order valence-corrected chi connectivity index (χ4v) is 3.36. The molecule has 138 valence electrons. The number of hydrogen-bond donors (Lipinski definition) is 1. The van der Waals surface area contributed by atoms with Crippen LogP contribution in [0, 0.1) is 17.2 Å². The van der Waals surface area contributed by atoms with Crippen LogP contribution in [0.1, 0.15) is 55.4 Å². The zero-order valence-corrected chi connectivity index (χ0v) is 16.1. The average molecular weight is 350 g/mol.